The summed E-state index contributed by atoms with van der Waals surface area (Å²) in [4.78, 5) is 24.6. The van der Waals surface area contributed by atoms with Gasteiger partial charge in [-0.2, -0.15) is 0 Å². The van der Waals surface area contributed by atoms with E-state index < -0.39 is 11.6 Å². The number of hydrogen-bond donors (Lipinski definition) is 0. The summed E-state index contributed by atoms with van der Waals surface area (Å²) in [5.74, 6) is -0.841. The predicted molar refractivity (Wildman–Crippen MR) is 86.7 cm³/mol. The van der Waals surface area contributed by atoms with Crippen LogP contribution in [0.2, 0.25) is 5.02 Å². The van der Waals surface area contributed by atoms with Crippen LogP contribution in [0.1, 0.15) is 5.56 Å². The molecule has 1 aromatic carbocycles. The lowest BCUT2D eigenvalue weighted by Gasteiger charge is -2.18. The van der Waals surface area contributed by atoms with Gasteiger partial charge in [-0.15, -0.1) is 11.8 Å². The maximum Gasteiger partial charge on any atom is 0.244 e. The van der Waals surface area contributed by atoms with Crippen LogP contribution in [0.25, 0.3) is 0 Å². The van der Waals surface area contributed by atoms with Crippen LogP contribution < -0.4 is 0 Å². The van der Waals surface area contributed by atoms with Gasteiger partial charge < -0.3 is 9.47 Å². The number of allylic oxidation sites excluding steroid dienone is 2. The predicted octanol–water partition coefficient (Wildman–Crippen LogP) is 3.68. The van der Waals surface area contributed by atoms with Gasteiger partial charge in [0.05, 0.1) is 19.1 Å². The van der Waals surface area contributed by atoms with E-state index in [1.54, 1.807) is 12.1 Å². The summed E-state index contributed by atoms with van der Waals surface area (Å²) in [6.45, 7) is 0. The molecule has 0 aromatic heterocycles. The summed E-state index contributed by atoms with van der Waals surface area (Å²) in [6, 6.07) is 7.19. The standard InChI is InChI=1S/C15H12Cl2O4S/c1-20-13-11(18)10(17)15(12(19)14(13)21-2)22-7-8-3-5-9(16)6-4-8/h3-6H,7H2,1-2H3. The highest BCUT2D eigenvalue weighted by molar-refractivity contribution is 8.03. The third kappa shape index (κ3) is 3.32. The van der Waals surface area contributed by atoms with Gasteiger partial charge in [0, 0.05) is 10.8 Å². The molecule has 0 heterocycles. The lowest BCUT2D eigenvalue weighted by Crippen LogP contribution is -2.23. The molecule has 0 fully saturated rings. The Labute approximate surface area is 142 Å². The van der Waals surface area contributed by atoms with Gasteiger partial charge in [-0.1, -0.05) is 35.3 Å². The molecule has 1 aliphatic rings. The van der Waals surface area contributed by atoms with Crippen molar-refractivity contribution in [1.82, 2.24) is 0 Å². The molecule has 0 spiro atoms. The summed E-state index contributed by atoms with van der Waals surface area (Å²) >= 11 is 13.0. The van der Waals surface area contributed by atoms with Crippen molar-refractivity contribution in [3.05, 3.63) is 56.3 Å². The fraction of sp³-hybridized carbons (Fsp3) is 0.200. The topological polar surface area (TPSA) is 52.6 Å². The Kier molecular flexibility index (Phi) is 5.56. The zero-order valence-electron chi connectivity index (χ0n) is 11.8. The fourth-order valence-corrected chi connectivity index (χ4v) is 3.26. The molecule has 0 saturated carbocycles. The van der Waals surface area contributed by atoms with E-state index in [0.717, 1.165) is 5.56 Å². The van der Waals surface area contributed by atoms with Crippen molar-refractivity contribution in [2.75, 3.05) is 14.2 Å². The van der Waals surface area contributed by atoms with Crippen molar-refractivity contribution in [3.63, 3.8) is 0 Å². The van der Waals surface area contributed by atoms with Gasteiger partial charge >= 0.3 is 0 Å². The second-order valence-corrected chi connectivity index (χ2v) is 6.08. The first-order valence-electron chi connectivity index (χ1n) is 6.18. The largest absolute Gasteiger partial charge is 0.489 e. The molecule has 0 radical (unpaired) electrons. The molecular formula is C15H12Cl2O4S. The molecule has 0 aliphatic heterocycles. The molecule has 1 aromatic rings. The number of carbonyl (C=O) groups excluding carboxylic acids is 2. The summed E-state index contributed by atoms with van der Waals surface area (Å²) in [7, 11) is 2.59. The maximum absolute atomic E-state index is 12.4. The van der Waals surface area contributed by atoms with E-state index in [1.807, 2.05) is 12.1 Å². The summed E-state index contributed by atoms with van der Waals surface area (Å²) in [5, 5.41) is 0.478. The first kappa shape index (κ1) is 16.9. The second-order valence-electron chi connectivity index (χ2n) is 4.28. The van der Waals surface area contributed by atoms with E-state index in [-0.39, 0.29) is 21.5 Å². The van der Waals surface area contributed by atoms with Crippen LogP contribution in [0.4, 0.5) is 0 Å². The minimum absolute atomic E-state index is 0.129. The van der Waals surface area contributed by atoms with Crippen LogP contribution in [0.5, 0.6) is 0 Å². The molecule has 0 bridgehead atoms. The number of rotatable bonds is 5. The van der Waals surface area contributed by atoms with Crippen molar-refractivity contribution in [1.29, 1.82) is 0 Å². The Hall–Kier alpha value is -1.43. The van der Waals surface area contributed by atoms with Gasteiger partial charge in [0.2, 0.25) is 23.1 Å². The fourth-order valence-electron chi connectivity index (χ4n) is 1.85. The van der Waals surface area contributed by atoms with Gasteiger partial charge in [-0.05, 0) is 17.7 Å². The molecule has 22 heavy (non-hydrogen) atoms. The molecule has 0 amide bonds. The maximum atomic E-state index is 12.4. The molecule has 0 N–H and O–H groups in total. The molecule has 0 saturated heterocycles. The molecule has 1 aliphatic carbocycles. The van der Waals surface area contributed by atoms with Crippen LogP contribution in [-0.4, -0.2) is 25.8 Å². The Morgan fingerprint density at radius 2 is 1.50 bits per heavy atom. The number of Topliss-reactive ketones (excluding diaryl/α,β-unsaturated/α-hetero) is 2. The number of benzene rings is 1. The van der Waals surface area contributed by atoms with Crippen LogP contribution in [-0.2, 0) is 24.8 Å². The summed E-state index contributed by atoms with van der Waals surface area (Å²) in [6.07, 6.45) is 0. The molecule has 2 rings (SSSR count). The average Bonchev–Trinajstić information content (AvgIpc) is 2.52. The molecular weight excluding hydrogens is 347 g/mol. The molecule has 116 valence electrons. The van der Waals surface area contributed by atoms with Crippen LogP contribution >= 0.6 is 35.0 Å². The van der Waals surface area contributed by atoms with Crippen LogP contribution in [0, 0.1) is 0 Å². The smallest absolute Gasteiger partial charge is 0.244 e. The Balaban J connectivity index is 2.23. The Morgan fingerprint density at radius 3 is 2.05 bits per heavy atom. The number of methoxy groups -OCH3 is 2. The minimum atomic E-state index is -0.556. The van der Waals surface area contributed by atoms with Crippen molar-refractivity contribution < 1.29 is 19.1 Å². The molecule has 0 unspecified atom stereocenters. The highest BCUT2D eigenvalue weighted by atomic mass is 35.5. The van der Waals surface area contributed by atoms with Gasteiger partial charge in [-0.3, -0.25) is 9.59 Å². The third-order valence-electron chi connectivity index (χ3n) is 2.93. The number of ether oxygens (including phenoxy) is 2. The van der Waals surface area contributed by atoms with Crippen LogP contribution in [0.15, 0.2) is 45.7 Å². The van der Waals surface area contributed by atoms with Crippen molar-refractivity contribution >= 4 is 46.5 Å². The van der Waals surface area contributed by atoms with E-state index in [4.69, 9.17) is 32.7 Å². The molecule has 4 nitrogen and oxygen atoms in total. The van der Waals surface area contributed by atoms with Gasteiger partial charge in [0.25, 0.3) is 0 Å². The number of thioether (sulfide) groups is 1. The van der Waals surface area contributed by atoms with E-state index in [2.05, 4.69) is 0 Å². The highest BCUT2D eigenvalue weighted by Crippen LogP contribution is 2.35. The lowest BCUT2D eigenvalue weighted by atomic mass is 10.1. The lowest BCUT2D eigenvalue weighted by molar-refractivity contribution is -0.120. The van der Waals surface area contributed by atoms with E-state index in [0.29, 0.717) is 10.8 Å². The van der Waals surface area contributed by atoms with E-state index in [9.17, 15) is 9.59 Å². The zero-order chi connectivity index (χ0) is 16.3. The summed E-state index contributed by atoms with van der Waals surface area (Å²) in [5.41, 5.74) is 0.951. The molecule has 0 atom stereocenters. The van der Waals surface area contributed by atoms with Gasteiger partial charge in [0.1, 0.15) is 5.03 Å². The normalized spacial score (nSPS) is 15.5. The van der Waals surface area contributed by atoms with Gasteiger partial charge in [-0.25, -0.2) is 0 Å². The molecule has 7 heteroatoms. The number of hydrogen-bond acceptors (Lipinski definition) is 5. The summed E-state index contributed by atoms with van der Waals surface area (Å²) < 4.78 is 9.90. The average molecular weight is 359 g/mol. The third-order valence-corrected chi connectivity index (χ3v) is 4.81. The second kappa shape index (κ2) is 7.22. The number of carbonyl (C=O) groups is 2. The zero-order valence-corrected chi connectivity index (χ0v) is 14.1. The minimum Gasteiger partial charge on any atom is -0.489 e. The van der Waals surface area contributed by atoms with Crippen molar-refractivity contribution in [2.24, 2.45) is 0 Å². The first-order chi connectivity index (χ1) is 10.5. The van der Waals surface area contributed by atoms with E-state index in [1.165, 1.54) is 26.0 Å². The van der Waals surface area contributed by atoms with E-state index >= 15 is 0 Å². The van der Waals surface area contributed by atoms with Gasteiger partial charge in [0.15, 0.2) is 0 Å². The Bertz CT molecular complexity index is 677. The monoisotopic (exact) mass is 358 g/mol. The Morgan fingerprint density at radius 1 is 0.955 bits per heavy atom. The number of halogens is 2. The highest BCUT2D eigenvalue weighted by Gasteiger charge is 2.36. The first-order valence-corrected chi connectivity index (χ1v) is 7.92. The SMILES string of the molecule is COC1=C(OC)C(=O)C(SCc2ccc(Cl)cc2)=C(Cl)C1=O. The number of ketones is 2. The van der Waals surface area contributed by atoms with Crippen molar-refractivity contribution in [3.8, 4) is 0 Å². The quantitative estimate of drug-likeness (QED) is 0.751. The van der Waals surface area contributed by atoms with Crippen LogP contribution in [0.3, 0.4) is 0 Å². The van der Waals surface area contributed by atoms with Crippen molar-refractivity contribution in [2.45, 2.75) is 5.75 Å².